The summed E-state index contributed by atoms with van der Waals surface area (Å²) in [5.74, 6) is 0. The minimum absolute atomic E-state index is 0.186. The fourth-order valence-corrected chi connectivity index (χ4v) is 2.35. The van der Waals surface area contributed by atoms with Gasteiger partial charge in [-0.05, 0) is 39.0 Å². The number of nitrogens with one attached hydrogen (secondary N) is 1. The number of nitrogens with zero attached hydrogens (tertiary/aromatic N) is 1. The molecule has 0 heterocycles. The Morgan fingerprint density at radius 3 is 2.22 bits per heavy atom. The third kappa shape index (κ3) is 3.36. The number of hydrogen-bond donors (Lipinski definition) is 2. The van der Waals surface area contributed by atoms with Gasteiger partial charge in [0.2, 0.25) is 10.0 Å². The van der Waals surface area contributed by atoms with Crippen molar-refractivity contribution in [3.8, 4) is 0 Å². The fourth-order valence-electron chi connectivity index (χ4n) is 1.42. The first-order valence-electron chi connectivity index (χ1n) is 5.64. The molecule has 1 aromatic carbocycles. The van der Waals surface area contributed by atoms with Crippen LogP contribution < -0.4 is 11.1 Å². The fraction of sp³-hybridized carbons (Fsp3) is 0.500. The van der Waals surface area contributed by atoms with Crippen molar-refractivity contribution < 1.29 is 8.42 Å². The lowest BCUT2D eigenvalue weighted by molar-refractivity contribution is 0.520. The molecular formula is C12H21N3O2S. The molecule has 0 fully saturated rings. The van der Waals surface area contributed by atoms with E-state index >= 15 is 0 Å². The first-order valence-corrected chi connectivity index (χ1v) is 7.08. The van der Waals surface area contributed by atoms with Gasteiger partial charge in [-0.25, -0.2) is 12.7 Å². The van der Waals surface area contributed by atoms with E-state index in [1.807, 2.05) is 20.8 Å². The summed E-state index contributed by atoms with van der Waals surface area (Å²) in [5, 5.41) is 3.19. The van der Waals surface area contributed by atoms with Gasteiger partial charge in [-0.3, -0.25) is 0 Å². The lowest BCUT2D eigenvalue weighted by Crippen LogP contribution is -2.27. The molecule has 0 amide bonds. The van der Waals surface area contributed by atoms with E-state index in [-0.39, 0.29) is 10.4 Å². The largest absolute Gasteiger partial charge is 0.397 e. The molecule has 0 aromatic heterocycles. The maximum atomic E-state index is 12.0. The molecule has 3 N–H and O–H groups in total. The lowest BCUT2D eigenvalue weighted by atomic mass is 10.1. The van der Waals surface area contributed by atoms with E-state index < -0.39 is 10.0 Å². The molecule has 0 radical (unpaired) electrons. The number of rotatable bonds is 3. The van der Waals surface area contributed by atoms with Gasteiger partial charge in [0.15, 0.2) is 0 Å². The topological polar surface area (TPSA) is 75.4 Å². The molecule has 0 bridgehead atoms. The summed E-state index contributed by atoms with van der Waals surface area (Å²) >= 11 is 0. The molecule has 1 aromatic rings. The summed E-state index contributed by atoms with van der Waals surface area (Å²) < 4.78 is 25.2. The summed E-state index contributed by atoms with van der Waals surface area (Å²) in [4.78, 5) is 0.230. The molecule has 0 aliphatic rings. The van der Waals surface area contributed by atoms with Gasteiger partial charge in [0, 0.05) is 19.6 Å². The second kappa shape index (κ2) is 4.78. The molecule has 0 unspecified atom stereocenters. The van der Waals surface area contributed by atoms with Crippen molar-refractivity contribution in [2.24, 2.45) is 0 Å². The zero-order chi connectivity index (χ0) is 14.1. The van der Waals surface area contributed by atoms with Crippen molar-refractivity contribution in [3.05, 3.63) is 18.2 Å². The molecule has 102 valence electrons. The Balaban J connectivity index is 3.25. The number of nitrogen functional groups attached to an aromatic ring is 1. The molecule has 0 saturated carbocycles. The van der Waals surface area contributed by atoms with Crippen LogP contribution >= 0.6 is 0 Å². The zero-order valence-electron chi connectivity index (χ0n) is 11.5. The lowest BCUT2D eigenvalue weighted by Gasteiger charge is -2.24. The average Bonchev–Trinajstić information content (AvgIpc) is 2.18. The minimum Gasteiger partial charge on any atom is -0.397 e. The Kier molecular flexibility index (Phi) is 3.92. The van der Waals surface area contributed by atoms with Gasteiger partial charge in [-0.2, -0.15) is 0 Å². The second-order valence-electron chi connectivity index (χ2n) is 5.41. The maximum Gasteiger partial charge on any atom is 0.242 e. The van der Waals surface area contributed by atoms with E-state index in [4.69, 9.17) is 5.73 Å². The van der Waals surface area contributed by atoms with Crippen LogP contribution in [0.5, 0.6) is 0 Å². The molecule has 18 heavy (non-hydrogen) atoms. The van der Waals surface area contributed by atoms with Crippen molar-refractivity contribution in [1.29, 1.82) is 0 Å². The van der Waals surface area contributed by atoms with Crippen LogP contribution in [-0.2, 0) is 10.0 Å². The van der Waals surface area contributed by atoms with Gasteiger partial charge in [0.05, 0.1) is 16.3 Å². The standard InChI is InChI=1S/C12H21N3O2S/c1-12(2,3)14-11-8-9(6-7-10(11)13)18(16,17)15(4)5/h6-8,14H,13H2,1-5H3. The first-order chi connectivity index (χ1) is 8.04. The van der Waals surface area contributed by atoms with Crippen LogP contribution in [0.2, 0.25) is 0 Å². The molecule has 5 nitrogen and oxygen atoms in total. The zero-order valence-corrected chi connectivity index (χ0v) is 12.3. The van der Waals surface area contributed by atoms with Crippen LogP contribution in [0.4, 0.5) is 11.4 Å². The second-order valence-corrected chi connectivity index (χ2v) is 7.56. The molecular weight excluding hydrogens is 250 g/mol. The van der Waals surface area contributed by atoms with Crippen molar-refractivity contribution in [3.63, 3.8) is 0 Å². The van der Waals surface area contributed by atoms with Gasteiger partial charge in [-0.15, -0.1) is 0 Å². The Morgan fingerprint density at radius 1 is 1.22 bits per heavy atom. The van der Waals surface area contributed by atoms with Crippen LogP contribution in [0.25, 0.3) is 0 Å². The number of anilines is 2. The SMILES string of the molecule is CN(C)S(=O)(=O)c1ccc(N)c(NC(C)(C)C)c1. The molecule has 0 spiro atoms. The van der Waals surface area contributed by atoms with Crippen LogP contribution in [0.3, 0.4) is 0 Å². The first kappa shape index (κ1) is 14.8. The molecule has 0 atom stereocenters. The van der Waals surface area contributed by atoms with Crippen LogP contribution in [0.15, 0.2) is 23.1 Å². The normalized spacial score (nSPS) is 12.8. The Morgan fingerprint density at radius 2 is 1.78 bits per heavy atom. The van der Waals surface area contributed by atoms with E-state index in [2.05, 4.69) is 5.32 Å². The summed E-state index contributed by atoms with van der Waals surface area (Å²) in [6.07, 6.45) is 0. The molecule has 0 saturated heterocycles. The average molecular weight is 271 g/mol. The third-order valence-corrected chi connectivity index (χ3v) is 4.12. The quantitative estimate of drug-likeness (QED) is 0.821. The third-order valence-electron chi connectivity index (χ3n) is 2.31. The van der Waals surface area contributed by atoms with E-state index in [9.17, 15) is 8.42 Å². The predicted molar refractivity (Wildman–Crippen MR) is 75.1 cm³/mol. The minimum atomic E-state index is -3.43. The molecule has 0 aliphatic carbocycles. The maximum absolute atomic E-state index is 12.0. The molecule has 1 rings (SSSR count). The highest BCUT2D eigenvalue weighted by Crippen LogP contribution is 2.26. The highest BCUT2D eigenvalue weighted by Gasteiger charge is 2.19. The summed E-state index contributed by atoms with van der Waals surface area (Å²) in [6.45, 7) is 5.96. The van der Waals surface area contributed by atoms with E-state index in [1.54, 1.807) is 12.1 Å². The predicted octanol–water partition coefficient (Wildman–Crippen LogP) is 1.73. The summed E-state index contributed by atoms with van der Waals surface area (Å²) in [5.41, 5.74) is 6.82. The Hall–Kier alpha value is -1.27. The van der Waals surface area contributed by atoms with Gasteiger partial charge in [-0.1, -0.05) is 0 Å². The van der Waals surface area contributed by atoms with Gasteiger partial charge in [0.1, 0.15) is 0 Å². The summed E-state index contributed by atoms with van der Waals surface area (Å²) in [7, 11) is -0.429. The monoisotopic (exact) mass is 271 g/mol. The van der Waals surface area contributed by atoms with Crippen LogP contribution in [-0.4, -0.2) is 32.4 Å². The number of nitrogens with two attached hydrogens (primary N) is 1. The van der Waals surface area contributed by atoms with Crippen molar-refractivity contribution in [2.45, 2.75) is 31.2 Å². The van der Waals surface area contributed by atoms with Gasteiger partial charge < -0.3 is 11.1 Å². The van der Waals surface area contributed by atoms with E-state index in [0.29, 0.717) is 11.4 Å². The van der Waals surface area contributed by atoms with E-state index in [0.717, 1.165) is 0 Å². The van der Waals surface area contributed by atoms with Gasteiger partial charge >= 0.3 is 0 Å². The molecule has 6 heteroatoms. The van der Waals surface area contributed by atoms with Gasteiger partial charge in [0.25, 0.3) is 0 Å². The number of hydrogen-bond acceptors (Lipinski definition) is 4. The van der Waals surface area contributed by atoms with Crippen molar-refractivity contribution >= 4 is 21.4 Å². The van der Waals surface area contributed by atoms with Crippen LogP contribution in [0, 0.1) is 0 Å². The van der Waals surface area contributed by atoms with Crippen molar-refractivity contribution in [2.75, 3.05) is 25.1 Å². The highest BCUT2D eigenvalue weighted by molar-refractivity contribution is 7.89. The number of sulfonamides is 1. The number of benzene rings is 1. The Labute approximate surface area is 109 Å². The highest BCUT2D eigenvalue weighted by atomic mass is 32.2. The Bertz CT molecular complexity index is 531. The van der Waals surface area contributed by atoms with Crippen LogP contribution in [0.1, 0.15) is 20.8 Å². The summed E-state index contributed by atoms with van der Waals surface area (Å²) in [6, 6.07) is 4.68. The molecule has 0 aliphatic heterocycles. The van der Waals surface area contributed by atoms with Crippen molar-refractivity contribution in [1.82, 2.24) is 4.31 Å². The smallest absolute Gasteiger partial charge is 0.242 e. The van der Waals surface area contributed by atoms with E-state index in [1.165, 1.54) is 24.5 Å².